The average molecular weight is 233 g/mol. The van der Waals surface area contributed by atoms with Crippen molar-refractivity contribution in [2.75, 3.05) is 13.1 Å². The van der Waals surface area contributed by atoms with Gasteiger partial charge >= 0.3 is 0 Å². The second kappa shape index (κ2) is 6.55. The molecule has 0 saturated heterocycles. The molecule has 1 unspecified atom stereocenters. The lowest BCUT2D eigenvalue weighted by Gasteiger charge is -2.18. The Kier molecular flexibility index (Phi) is 4.75. The zero-order valence-electron chi connectivity index (χ0n) is 10.2. The second-order valence-corrected chi connectivity index (χ2v) is 4.73. The summed E-state index contributed by atoms with van der Waals surface area (Å²) in [6, 6.07) is 6.78. The van der Waals surface area contributed by atoms with Gasteiger partial charge in [0.15, 0.2) is 0 Å². The van der Waals surface area contributed by atoms with E-state index in [2.05, 4.69) is 17.5 Å². The fourth-order valence-corrected chi connectivity index (χ4v) is 2.23. The number of benzene rings is 1. The van der Waals surface area contributed by atoms with Crippen molar-refractivity contribution in [3.05, 3.63) is 47.8 Å². The highest BCUT2D eigenvalue weighted by atomic mass is 19.1. The van der Waals surface area contributed by atoms with Gasteiger partial charge in [-0.3, -0.25) is 0 Å². The van der Waals surface area contributed by atoms with E-state index in [-0.39, 0.29) is 5.82 Å². The molecule has 0 spiro atoms. The van der Waals surface area contributed by atoms with Crippen LogP contribution in [-0.4, -0.2) is 13.1 Å². The molecule has 0 amide bonds. The van der Waals surface area contributed by atoms with Gasteiger partial charge in [-0.1, -0.05) is 24.3 Å². The van der Waals surface area contributed by atoms with E-state index in [1.165, 1.54) is 37.0 Å². The number of hydrogen-bond donors (Lipinski definition) is 1. The van der Waals surface area contributed by atoms with Gasteiger partial charge in [-0.2, -0.15) is 0 Å². The zero-order valence-corrected chi connectivity index (χ0v) is 10.2. The molecule has 2 heteroatoms. The van der Waals surface area contributed by atoms with Crippen molar-refractivity contribution in [2.24, 2.45) is 5.92 Å². The maximum absolute atomic E-state index is 12.7. The molecule has 0 fully saturated rings. The van der Waals surface area contributed by atoms with Gasteiger partial charge in [0.1, 0.15) is 5.82 Å². The van der Waals surface area contributed by atoms with Gasteiger partial charge in [-0.15, -0.1) is 0 Å². The highest BCUT2D eigenvalue weighted by molar-refractivity contribution is 5.16. The van der Waals surface area contributed by atoms with Gasteiger partial charge in [-0.25, -0.2) is 4.39 Å². The normalized spacial score (nSPS) is 19.5. The van der Waals surface area contributed by atoms with Gasteiger partial charge in [0, 0.05) is 0 Å². The number of allylic oxidation sites excluding steroid dienone is 2. The average Bonchev–Trinajstić information content (AvgIpc) is 2.38. The van der Waals surface area contributed by atoms with Crippen molar-refractivity contribution >= 4 is 0 Å². The smallest absolute Gasteiger partial charge is 0.123 e. The maximum Gasteiger partial charge on any atom is 0.123 e. The van der Waals surface area contributed by atoms with Crippen molar-refractivity contribution in [1.29, 1.82) is 0 Å². The first-order chi connectivity index (χ1) is 8.34. The number of halogens is 1. The van der Waals surface area contributed by atoms with Gasteiger partial charge in [0.25, 0.3) is 0 Å². The SMILES string of the molecule is Fc1ccc(CCNCC2CC=CCC2)cc1. The van der Waals surface area contributed by atoms with Crippen LogP contribution >= 0.6 is 0 Å². The summed E-state index contributed by atoms with van der Waals surface area (Å²) < 4.78 is 12.7. The summed E-state index contributed by atoms with van der Waals surface area (Å²) in [5.41, 5.74) is 1.20. The molecule has 0 radical (unpaired) electrons. The molecule has 2 rings (SSSR count). The monoisotopic (exact) mass is 233 g/mol. The van der Waals surface area contributed by atoms with E-state index in [0.717, 1.165) is 25.4 Å². The Morgan fingerprint density at radius 2 is 2.00 bits per heavy atom. The second-order valence-electron chi connectivity index (χ2n) is 4.73. The standard InChI is InChI=1S/C15H20FN/c16-15-8-6-13(7-9-15)10-11-17-12-14-4-2-1-3-5-14/h1-2,6-9,14,17H,3-5,10-12H2. The van der Waals surface area contributed by atoms with Crippen LogP contribution in [0.3, 0.4) is 0 Å². The third kappa shape index (κ3) is 4.31. The minimum absolute atomic E-state index is 0.157. The molecule has 0 heterocycles. The fraction of sp³-hybridized carbons (Fsp3) is 0.467. The van der Waals surface area contributed by atoms with Crippen LogP contribution in [-0.2, 0) is 6.42 Å². The number of rotatable bonds is 5. The number of nitrogens with one attached hydrogen (secondary N) is 1. The van der Waals surface area contributed by atoms with E-state index in [4.69, 9.17) is 0 Å². The molecular formula is C15H20FN. The zero-order chi connectivity index (χ0) is 11.9. The molecule has 1 aliphatic rings. The molecule has 92 valence electrons. The van der Waals surface area contributed by atoms with Crippen LogP contribution in [0.5, 0.6) is 0 Å². The number of hydrogen-bond acceptors (Lipinski definition) is 1. The van der Waals surface area contributed by atoms with E-state index < -0.39 is 0 Å². The van der Waals surface area contributed by atoms with Crippen LogP contribution in [0.15, 0.2) is 36.4 Å². The molecule has 0 aromatic heterocycles. The fourth-order valence-electron chi connectivity index (χ4n) is 2.23. The van der Waals surface area contributed by atoms with Crippen LogP contribution in [0.4, 0.5) is 4.39 Å². The van der Waals surface area contributed by atoms with Crippen molar-refractivity contribution in [3.63, 3.8) is 0 Å². The van der Waals surface area contributed by atoms with Crippen LogP contribution in [0.25, 0.3) is 0 Å². The first kappa shape index (κ1) is 12.3. The molecule has 1 atom stereocenters. The van der Waals surface area contributed by atoms with Crippen molar-refractivity contribution in [2.45, 2.75) is 25.7 Å². The Labute approximate surface area is 103 Å². The van der Waals surface area contributed by atoms with Gasteiger partial charge in [0.2, 0.25) is 0 Å². The van der Waals surface area contributed by atoms with Gasteiger partial charge in [-0.05, 0) is 62.4 Å². The van der Waals surface area contributed by atoms with E-state index in [1.807, 2.05) is 12.1 Å². The van der Waals surface area contributed by atoms with Crippen molar-refractivity contribution in [1.82, 2.24) is 5.32 Å². The summed E-state index contributed by atoms with van der Waals surface area (Å²) in [5.74, 6) is 0.643. The topological polar surface area (TPSA) is 12.0 Å². The predicted octanol–water partition coefficient (Wildman–Crippen LogP) is 3.31. The quantitative estimate of drug-likeness (QED) is 0.607. The molecule has 17 heavy (non-hydrogen) atoms. The molecular weight excluding hydrogens is 213 g/mol. The maximum atomic E-state index is 12.7. The third-order valence-corrected chi connectivity index (χ3v) is 3.31. The molecule has 0 aliphatic heterocycles. The van der Waals surface area contributed by atoms with Crippen molar-refractivity contribution < 1.29 is 4.39 Å². The third-order valence-electron chi connectivity index (χ3n) is 3.31. The first-order valence-corrected chi connectivity index (χ1v) is 6.45. The largest absolute Gasteiger partial charge is 0.316 e. The van der Waals surface area contributed by atoms with E-state index >= 15 is 0 Å². The molecule has 1 N–H and O–H groups in total. The highest BCUT2D eigenvalue weighted by Crippen LogP contribution is 2.16. The summed E-state index contributed by atoms with van der Waals surface area (Å²) in [4.78, 5) is 0. The molecule has 1 aliphatic carbocycles. The van der Waals surface area contributed by atoms with E-state index in [1.54, 1.807) is 0 Å². The lowest BCUT2D eigenvalue weighted by Crippen LogP contribution is -2.25. The lowest BCUT2D eigenvalue weighted by molar-refractivity contribution is 0.442. The van der Waals surface area contributed by atoms with E-state index in [0.29, 0.717) is 0 Å². The Morgan fingerprint density at radius 1 is 1.18 bits per heavy atom. The van der Waals surface area contributed by atoms with Gasteiger partial charge < -0.3 is 5.32 Å². The lowest BCUT2D eigenvalue weighted by atomic mass is 9.94. The molecule has 0 bridgehead atoms. The summed E-state index contributed by atoms with van der Waals surface area (Å²) in [5, 5.41) is 3.49. The highest BCUT2D eigenvalue weighted by Gasteiger charge is 2.08. The molecule has 1 nitrogen and oxygen atoms in total. The van der Waals surface area contributed by atoms with Crippen molar-refractivity contribution in [3.8, 4) is 0 Å². The predicted molar refractivity (Wildman–Crippen MR) is 69.5 cm³/mol. The van der Waals surface area contributed by atoms with E-state index in [9.17, 15) is 4.39 Å². The minimum atomic E-state index is -0.157. The van der Waals surface area contributed by atoms with Crippen LogP contribution in [0.2, 0.25) is 0 Å². The Bertz CT molecular complexity index is 356. The summed E-state index contributed by atoms with van der Waals surface area (Å²) >= 11 is 0. The molecule has 0 saturated carbocycles. The summed E-state index contributed by atoms with van der Waals surface area (Å²) in [7, 11) is 0. The Hall–Kier alpha value is -1.15. The van der Waals surface area contributed by atoms with Crippen LogP contribution in [0.1, 0.15) is 24.8 Å². The molecule has 1 aromatic rings. The summed E-state index contributed by atoms with van der Waals surface area (Å²) in [6.45, 7) is 2.08. The van der Waals surface area contributed by atoms with Crippen LogP contribution < -0.4 is 5.32 Å². The molecule has 1 aromatic carbocycles. The minimum Gasteiger partial charge on any atom is -0.316 e. The van der Waals surface area contributed by atoms with Crippen LogP contribution in [0, 0.1) is 11.7 Å². The summed E-state index contributed by atoms with van der Waals surface area (Å²) in [6.07, 6.45) is 9.28. The first-order valence-electron chi connectivity index (χ1n) is 6.45. The Morgan fingerprint density at radius 3 is 2.71 bits per heavy atom. The van der Waals surface area contributed by atoms with Gasteiger partial charge in [0.05, 0.1) is 0 Å². The Balaban J connectivity index is 1.62.